The first kappa shape index (κ1) is 17.4. The van der Waals surface area contributed by atoms with Gasteiger partial charge in [0, 0.05) is 0 Å². The Bertz CT molecular complexity index is 729. The van der Waals surface area contributed by atoms with Crippen LogP contribution in [0, 0.1) is 11.6 Å². The van der Waals surface area contributed by atoms with Gasteiger partial charge in [-0.2, -0.15) is 21.6 Å². The average molecular weight is 360 g/mol. The van der Waals surface area contributed by atoms with Gasteiger partial charge >= 0.3 is 21.6 Å². The van der Waals surface area contributed by atoms with Crippen LogP contribution < -0.4 is 4.18 Å². The van der Waals surface area contributed by atoms with Crippen LogP contribution in [-0.2, 0) is 25.1 Å². The summed E-state index contributed by atoms with van der Waals surface area (Å²) in [7, 11) is -5.15. The van der Waals surface area contributed by atoms with E-state index >= 15 is 0 Å². The highest BCUT2D eigenvalue weighted by molar-refractivity contribution is 7.88. The van der Waals surface area contributed by atoms with E-state index in [1.807, 2.05) is 0 Å². The predicted molar refractivity (Wildman–Crippen MR) is 64.9 cm³/mol. The Balaban J connectivity index is 2.42. The van der Waals surface area contributed by atoms with Crippen LogP contribution in [0.2, 0.25) is 0 Å². The number of esters is 1. The van der Waals surface area contributed by atoms with Crippen LogP contribution in [0.25, 0.3) is 0 Å². The van der Waals surface area contributed by atoms with E-state index in [1.54, 1.807) is 0 Å². The fourth-order valence-electron chi connectivity index (χ4n) is 2.00. The summed E-state index contributed by atoms with van der Waals surface area (Å²) in [5, 5.41) is 0. The van der Waals surface area contributed by atoms with Crippen LogP contribution in [0.4, 0.5) is 22.0 Å². The van der Waals surface area contributed by atoms with Gasteiger partial charge in [-0.25, -0.2) is 8.78 Å². The monoisotopic (exact) mass is 360 g/mol. The van der Waals surface area contributed by atoms with Crippen molar-refractivity contribution in [1.29, 1.82) is 0 Å². The molecule has 1 aromatic carbocycles. The topological polar surface area (TPSA) is 69.7 Å². The summed E-state index contributed by atoms with van der Waals surface area (Å²) in [6.45, 7) is 0. The summed E-state index contributed by atoms with van der Waals surface area (Å²) in [4.78, 5) is 11.6. The second kappa shape index (κ2) is 5.32. The number of carbonyl (C=O) groups is 1. The Morgan fingerprint density at radius 3 is 2.00 bits per heavy atom. The number of hydrogen-bond donors (Lipinski definition) is 0. The molecule has 23 heavy (non-hydrogen) atoms. The van der Waals surface area contributed by atoms with Crippen LogP contribution in [-0.4, -0.2) is 27.0 Å². The summed E-state index contributed by atoms with van der Waals surface area (Å²) in [6.07, 6.45) is 0.471. The van der Waals surface area contributed by atoms with Gasteiger partial charge in [-0.05, 0) is 30.5 Å². The van der Waals surface area contributed by atoms with Crippen molar-refractivity contribution in [3.63, 3.8) is 0 Å². The molecule has 0 aromatic heterocycles. The van der Waals surface area contributed by atoms with E-state index in [1.165, 1.54) is 0 Å². The molecule has 128 valence electrons. The van der Waals surface area contributed by atoms with E-state index in [2.05, 4.69) is 8.92 Å². The van der Waals surface area contributed by atoms with Crippen molar-refractivity contribution < 1.29 is 44.1 Å². The third-order valence-electron chi connectivity index (χ3n) is 3.35. The van der Waals surface area contributed by atoms with Crippen LogP contribution in [0.3, 0.4) is 0 Å². The zero-order valence-corrected chi connectivity index (χ0v) is 12.2. The smallest absolute Gasteiger partial charge is 0.468 e. The van der Waals surface area contributed by atoms with Gasteiger partial charge in [0.05, 0.1) is 12.5 Å². The molecule has 0 heterocycles. The van der Waals surface area contributed by atoms with Gasteiger partial charge < -0.3 is 8.92 Å². The first-order valence-corrected chi connectivity index (χ1v) is 7.44. The maximum atomic E-state index is 13.8. The highest BCUT2D eigenvalue weighted by Gasteiger charge is 2.54. The van der Waals surface area contributed by atoms with Gasteiger partial charge in [0.1, 0.15) is 0 Å². The summed E-state index contributed by atoms with van der Waals surface area (Å²) < 4.78 is 93.8. The molecule has 1 aliphatic carbocycles. The van der Waals surface area contributed by atoms with Gasteiger partial charge in [-0.3, -0.25) is 4.79 Å². The van der Waals surface area contributed by atoms with Gasteiger partial charge in [0.2, 0.25) is 5.75 Å². The molecule has 1 aliphatic rings. The Morgan fingerprint density at radius 2 is 1.65 bits per heavy atom. The van der Waals surface area contributed by atoms with Crippen molar-refractivity contribution in [3.05, 3.63) is 29.3 Å². The average Bonchev–Trinajstić information content (AvgIpc) is 3.22. The standard InChI is InChI=1S/C12H9F5O5S/c1-21-10(18)11(2-3-11)6-4-7(13)9(8(14)5-6)22-23(19,20)12(15,16)17/h4-5H,2-3H2,1H3. The molecule has 0 amide bonds. The molecule has 0 N–H and O–H groups in total. The van der Waals surface area contributed by atoms with E-state index in [4.69, 9.17) is 0 Å². The fourth-order valence-corrected chi connectivity index (χ4v) is 2.48. The molecule has 0 spiro atoms. The number of ether oxygens (including phenoxy) is 1. The van der Waals surface area contributed by atoms with Crippen LogP contribution in [0.15, 0.2) is 12.1 Å². The largest absolute Gasteiger partial charge is 0.534 e. The number of hydrogen-bond acceptors (Lipinski definition) is 5. The highest BCUT2D eigenvalue weighted by atomic mass is 32.2. The zero-order chi connectivity index (χ0) is 17.6. The second-order valence-electron chi connectivity index (χ2n) is 4.83. The van der Waals surface area contributed by atoms with Crippen molar-refractivity contribution in [2.24, 2.45) is 0 Å². The Kier molecular flexibility index (Phi) is 4.04. The first-order chi connectivity index (χ1) is 10.4. The second-order valence-corrected chi connectivity index (χ2v) is 6.36. The van der Waals surface area contributed by atoms with E-state index in [0.29, 0.717) is 12.1 Å². The number of halogens is 5. The van der Waals surface area contributed by atoms with Crippen molar-refractivity contribution in [2.75, 3.05) is 7.11 Å². The fraction of sp³-hybridized carbons (Fsp3) is 0.417. The zero-order valence-electron chi connectivity index (χ0n) is 11.4. The third kappa shape index (κ3) is 2.96. The molecule has 0 unspecified atom stereocenters. The quantitative estimate of drug-likeness (QED) is 0.357. The molecule has 2 rings (SSSR count). The van der Waals surface area contributed by atoms with Gasteiger partial charge in [-0.1, -0.05) is 0 Å². The van der Waals surface area contributed by atoms with E-state index in [0.717, 1.165) is 7.11 Å². The van der Waals surface area contributed by atoms with Crippen LogP contribution in [0.1, 0.15) is 18.4 Å². The molecule has 1 fully saturated rings. The minimum atomic E-state index is -6.22. The summed E-state index contributed by atoms with van der Waals surface area (Å²) in [6, 6.07) is 1.10. The van der Waals surface area contributed by atoms with Crippen LogP contribution in [0.5, 0.6) is 5.75 Å². The molecule has 0 aliphatic heterocycles. The number of alkyl halides is 3. The third-order valence-corrected chi connectivity index (χ3v) is 4.31. The van der Waals surface area contributed by atoms with Crippen molar-refractivity contribution in [2.45, 2.75) is 23.8 Å². The number of carbonyl (C=O) groups excluding carboxylic acids is 1. The lowest BCUT2D eigenvalue weighted by atomic mass is 9.95. The van der Waals surface area contributed by atoms with Gasteiger partial charge in [0.15, 0.2) is 11.6 Å². The molecule has 0 saturated heterocycles. The maximum absolute atomic E-state index is 13.8. The summed E-state index contributed by atoms with van der Waals surface area (Å²) in [5.74, 6) is -5.83. The molecule has 1 aromatic rings. The van der Waals surface area contributed by atoms with Gasteiger partial charge in [-0.15, -0.1) is 0 Å². The summed E-state index contributed by atoms with van der Waals surface area (Å²) in [5.41, 5.74) is -7.29. The minimum absolute atomic E-state index is 0.170. The SMILES string of the molecule is COC(=O)C1(c2cc(F)c(OS(=O)(=O)C(F)(F)F)c(F)c2)CC1. The molecule has 0 bridgehead atoms. The van der Waals surface area contributed by atoms with Crippen molar-refractivity contribution in [1.82, 2.24) is 0 Å². The predicted octanol–water partition coefficient (Wildman–Crippen LogP) is 2.40. The normalized spacial score (nSPS) is 16.8. The van der Waals surface area contributed by atoms with E-state index in [9.17, 15) is 35.2 Å². The Morgan fingerprint density at radius 1 is 1.17 bits per heavy atom. The molecule has 11 heteroatoms. The van der Waals surface area contributed by atoms with E-state index in [-0.39, 0.29) is 18.4 Å². The van der Waals surface area contributed by atoms with E-state index < -0.39 is 44.4 Å². The molecule has 0 atom stereocenters. The van der Waals surface area contributed by atoms with Crippen molar-refractivity contribution >= 4 is 16.1 Å². The Hall–Kier alpha value is -1.91. The minimum Gasteiger partial charge on any atom is -0.468 e. The number of methoxy groups -OCH3 is 1. The molecular weight excluding hydrogens is 351 g/mol. The first-order valence-electron chi connectivity index (χ1n) is 6.03. The molecule has 5 nitrogen and oxygen atoms in total. The lowest BCUT2D eigenvalue weighted by Crippen LogP contribution is -2.29. The lowest BCUT2D eigenvalue weighted by molar-refractivity contribution is -0.143. The maximum Gasteiger partial charge on any atom is 0.534 e. The Labute approximate surface area is 127 Å². The van der Waals surface area contributed by atoms with Crippen LogP contribution >= 0.6 is 0 Å². The molecule has 0 radical (unpaired) electrons. The number of benzene rings is 1. The molecule has 1 saturated carbocycles. The number of rotatable bonds is 4. The van der Waals surface area contributed by atoms with Crippen molar-refractivity contribution in [3.8, 4) is 5.75 Å². The molecular formula is C12H9F5O5S. The summed E-state index contributed by atoms with van der Waals surface area (Å²) >= 11 is 0. The highest BCUT2D eigenvalue weighted by Crippen LogP contribution is 2.50. The van der Waals surface area contributed by atoms with Gasteiger partial charge in [0.25, 0.3) is 0 Å². The lowest BCUT2D eigenvalue weighted by Gasteiger charge is -2.15.